The van der Waals surface area contributed by atoms with Gasteiger partial charge in [0.25, 0.3) is 0 Å². The summed E-state index contributed by atoms with van der Waals surface area (Å²) in [6.45, 7) is 4.32. The lowest BCUT2D eigenvalue weighted by atomic mass is 10.0. The second-order valence-electron chi connectivity index (χ2n) is 6.44. The maximum Gasteiger partial charge on any atom is 0.328 e. The molecule has 0 saturated carbocycles. The molecule has 6 heteroatoms. The van der Waals surface area contributed by atoms with Gasteiger partial charge in [-0.05, 0) is 29.7 Å². The van der Waals surface area contributed by atoms with Crippen molar-refractivity contribution in [1.29, 1.82) is 0 Å². The maximum absolute atomic E-state index is 12.2. The minimum atomic E-state index is -0.678. The first-order valence-corrected chi connectivity index (χ1v) is 9.66. The SMILES string of the molecule is COC(=O)[C@@H](Cc1c[nH]c2ccccc12)NC(=O)CSCCC(C)C. The number of carbonyl (C=O) groups is 2. The molecule has 136 valence electrons. The Labute approximate surface area is 152 Å². The number of ether oxygens (including phenoxy) is 1. The second-order valence-corrected chi connectivity index (χ2v) is 7.55. The van der Waals surface area contributed by atoms with Crippen molar-refractivity contribution < 1.29 is 14.3 Å². The number of methoxy groups -OCH3 is 1. The van der Waals surface area contributed by atoms with Crippen molar-refractivity contribution >= 4 is 34.5 Å². The van der Waals surface area contributed by atoms with E-state index in [1.807, 2.05) is 30.5 Å². The smallest absolute Gasteiger partial charge is 0.328 e. The molecule has 2 aromatic rings. The highest BCUT2D eigenvalue weighted by Gasteiger charge is 2.23. The van der Waals surface area contributed by atoms with E-state index in [4.69, 9.17) is 4.74 Å². The van der Waals surface area contributed by atoms with Crippen molar-refractivity contribution in [2.24, 2.45) is 5.92 Å². The number of esters is 1. The number of rotatable bonds is 9. The van der Waals surface area contributed by atoms with E-state index in [9.17, 15) is 9.59 Å². The summed E-state index contributed by atoms with van der Waals surface area (Å²) < 4.78 is 4.86. The molecule has 0 fully saturated rings. The fraction of sp³-hybridized carbons (Fsp3) is 0.474. The van der Waals surface area contributed by atoms with E-state index in [1.165, 1.54) is 7.11 Å². The Balaban J connectivity index is 1.97. The van der Waals surface area contributed by atoms with Gasteiger partial charge in [0, 0.05) is 23.5 Å². The summed E-state index contributed by atoms with van der Waals surface area (Å²) >= 11 is 1.59. The minimum absolute atomic E-state index is 0.135. The lowest BCUT2D eigenvalue weighted by Gasteiger charge is -2.16. The molecule has 0 bridgehead atoms. The van der Waals surface area contributed by atoms with Crippen LogP contribution in [0.2, 0.25) is 0 Å². The molecule has 0 spiro atoms. The fourth-order valence-electron chi connectivity index (χ4n) is 2.58. The van der Waals surface area contributed by atoms with Gasteiger partial charge in [-0.1, -0.05) is 32.0 Å². The average molecular weight is 362 g/mol. The van der Waals surface area contributed by atoms with Crippen LogP contribution in [0.1, 0.15) is 25.8 Å². The van der Waals surface area contributed by atoms with E-state index < -0.39 is 12.0 Å². The first kappa shape index (κ1) is 19.4. The van der Waals surface area contributed by atoms with E-state index in [1.54, 1.807) is 11.8 Å². The van der Waals surface area contributed by atoms with E-state index in [0.29, 0.717) is 18.1 Å². The lowest BCUT2D eigenvalue weighted by Crippen LogP contribution is -2.43. The Bertz CT molecular complexity index is 712. The van der Waals surface area contributed by atoms with Crippen molar-refractivity contribution in [3.05, 3.63) is 36.0 Å². The van der Waals surface area contributed by atoms with Crippen molar-refractivity contribution in [2.45, 2.75) is 32.7 Å². The van der Waals surface area contributed by atoms with Crippen LogP contribution in [0.5, 0.6) is 0 Å². The monoisotopic (exact) mass is 362 g/mol. The number of aromatic amines is 1. The molecule has 0 unspecified atom stereocenters. The van der Waals surface area contributed by atoms with Crippen LogP contribution in [0.15, 0.2) is 30.5 Å². The molecule has 0 radical (unpaired) electrons. The summed E-state index contributed by atoms with van der Waals surface area (Å²) in [5.74, 6) is 1.36. The van der Waals surface area contributed by atoms with Crippen molar-refractivity contribution in [3.63, 3.8) is 0 Å². The van der Waals surface area contributed by atoms with Crippen LogP contribution in [-0.2, 0) is 20.7 Å². The Kier molecular flexibility index (Phi) is 7.37. The van der Waals surface area contributed by atoms with Gasteiger partial charge in [-0.2, -0.15) is 11.8 Å². The molecule has 2 N–H and O–H groups in total. The van der Waals surface area contributed by atoms with Crippen molar-refractivity contribution in [3.8, 4) is 0 Å². The molecule has 2 rings (SSSR count). The molecule has 1 aromatic heterocycles. The van der Waals surface area contributed by atoms with Crippen molar-refractivity contribution in [1.82, 2.24) is 10.3 Å². The Morgan fingerprint density at radius 1 is 1.28 bits per heavy atom. The number of nitrogens with one attached hydrogen (secondary N) is 2. The Hall–Kier alpha value is -1.95. The minimum Gasteiger partial charge on any atom is -0.467 e. The summed E-state index contributed by atoms with van der Waals surface area (Å²) in [4.78, 5) is 27.4. The lowest BCUT2D eigenvalue weighted by molar-refractivity contribution is -0.144. The molecule has 1 amide bonds. The molecule has 5 nitrogen and oxygen atoms in total. The van der Waals surface area contributed by atoms with Gasteiger partial charge in [-0.25, -0.2) is 4.79 Å². The highest BCUT2D eigenvalue weighted by atomic mass is 32.2. The van der Waals surface area contributed by atoms with Gasteiger partial charge in [0.15, 0.2) is 0 Å². The average Bonchev–Trinajstić information content (AvgIpc) is 3.00. The zero-order valence-electron chi connectivity index (χ0n) is 15.0. The topological polar surface area (TPSA) is 71.2 Å². The summed E-state index contributed by atoms with van der Waals surface area (Å²) in [5, 5.41) is 3.86. The van der Waals surface area contributed by atoms with Gasteiger partial charge in [0.05, 0.1) is 12.9 Å². The predicted octanol–water partition coefficient (Wildman–Crippen LogP) is 3.15. The van der Waals surface area contributed by atoms with Gasteiger partial charge >= 0.3 is 5.97 Å². The zero-order valence-corrected chi connectivity index (χ0v) is 15.8. The van der Waals surface area contributed by atoms with Gasteiger partial charge in [0.2, 0.25) is 5.91 Å². The van der Waals surface area contributed by atoms with E-state index in [0.717, 1.165) is 28.6 Å². The zero-order chi connectivity index (χ0) is 18.2. The Morgan fingerprint density at radius 3 is 2.76 bits per heavy atom. The first-order chi connectivity index (χ1) is 12.0. The number of carbonyl (C=O) groups excluding carboxylic acids is 2. The molecule has 1 aromatic carbocycles. The van der Waals surface area contributed by atoms with Crippen LogP contribution >= 0.6 is 11.8 Å². The highest BCUT2D eigenvalue weighted by Crippen LogP contribution is 2.19. The standard InChI is InChI=1S/C19H26N2O3S/c1-13(2)8-9-25-12-18(22)21-17(19(23)24-3)10-14-11-20-16-7-5-4-6-15(14)16/h4-7,11,13,17,20H,8-10,12H2,1-3H3,(H,21,22)/t17-/m1/s1. The number of fused-ring (bicyclic) bond motifs is 1. The summed E-state index contributed by atoms with van der Waals surface area (Å²) in [6.07, 6.45) is 3.36. The molecular weight excluding hydrogens is 336 g/mol. The highest BCUT2D eigenvalue weighted by molar-refractivity contribution is 7.99. The molecule has 25 heavy (non-hydrogen) atoms. The van der Waals surface area contributed by atoms with Crippen LogP contribution in [0, 0.1) is 5.92 Å². The Morgan fingerprint density at radius 2 is 2.04 bits per heavy atom. The van der Waals surface area contributed by atoms with E-state index in [-0.39, 0.29) is 5.91 Å². The summed E-state index contributed by atoms with van der Waals surface area (Å²) in [6, 6.07) is 7.21. The van der Waals surface area contributed by atoms with Crippen LogP contribution in [0.25, 0.3) is 10.9 Å². The number of thioether (sulfide) groups is 1. The number of benzene rings is 1. The van der Waals surface area contributed by atoms with Crippen LogP contribution in [-0.4, -0.2) is 41.5 Å². The second kappa shape index (κ2) is 9.51. The van der Waals surface area contributed by atoms with Gasteiger partial charge < -0.3 is 15.0 Å². The predicted molar refractivity (Wildman–Crippen MR) is 103 cm³/mol. The molecule has 1 atom stereocenters. The third-order valence-corrected chi connectivity index (χ3v) is 4.98. The molecule has 0 aliphatic carbocycles. The van der Waals surface area contributed by atoms with Crippen LogP contribution < -0.4 is 5.32 Å². The maximum atomic E-state index is 12.2. The quantitative estimate of drug-likeness (QED) is 0.531. The van der Waals surface area contributed by atoms with Crippen LogP contribution in [0.4, 0.5) is 0 Å². The number of hydrogen-bond acceptors (Lipinski definition) is 4. The van der Waals surface area contributed by atoms with Crippen molar-refractivity contribution in [2.75, 3.05) is 18.6 Å². The molecule has 0 aliphatic rings. The van der Waals surface area contributed by atoms with Gasteiger partial charge in [-0.15, -0.1) is 0 Å². The fourth-order valence-corrected chi connectivity index (χ4v) is 3.63. The van der Waals surface area contributed by atoms with E-state index >= 15 is 0 Å². The summed E-state index contributed by atoms with van der Waals surface area (Å²) in [5.41, 5.74) is 2.00. The number of H-pyrrole nitrogens is 1. The molecule has 0 aliphatic heterocycles. The largest absolute Gasteiger partial charge is 0.467 e. The third-order valence-electron chi connectivity index (χ3n) is 3.99. The molecule has 0 saturated heterocycles. The molecule has 1 heterocycles. The first-order valence-electron chi connectivity index (χ1n) is 8.51. The summed E-state index contributed by atoms with van der Waals surface area (Å²) in [7, 11) is 1.34. The third kappa shape index (κ3) is 5.81. The number of para-hydroxylation sites is 1. The normalized spacial score (nSPS) is 12.3. The van der Waals surface area contributed by atoms with Crippen LogP contribution in [0.3, 0.4) is 0 Å². The number of aromatic nitrogens is 1. The van der Waals surface area contributed by atoms with Gasteiger partial charge in [0.1, 0.15) is 6.04 Å². The molecular formula is C19H26N2O3S. The number of hydrogen-bond donors (Lipinski definition) is 2. The van der Waals surface area contributed by atoms with E-state index in [2.05, 4.69) is 24.1 Å². The number of amides is 1. The van der Waals surface area contributed by atoms with Gasteiger partial charge in [-0.3, -0.25) is 4.79 Å².